The molecule has 0 atom stereocenters. The van der Waals surface area contributed by atoms with Crippen molar-refractivity contribution in [3.8, 4) is 0 Å². The molecule has 156 valence electrons. The number of amides is 1. The minimum Gasteiger partial charge on any atom is -0.462 e. The summed E-state index contributed by atoms with van der Waals surface area (Å²) in [4.78, 5) is 26.6. The van der Waals surface area contributed by atoms with Crippen LogP contribution in [0.4, 0.5) is 5.82 Å². The molecule has 1 aliphatic heterocycles. The summed E-state index contributed by atoms with van der Waals surface area (Å²) < 4.78 is 12.5. The second-order valence-electron chi connectivity index (χ2n) is 7.07. The van der Waals surface area contributed by atoms with Crippen LogP contribution < -0.4 is 5.32 Å². The highest BCUT2D eigenvalue weighted by Crippen LogP contribution is 2.18. The Bertz CT molecular complexity index is 813. The average Bonchev–Trinajstić information content (AvgIpc) is 3.09. The third-order valence-corrected chi connectivity index (χ3v) is 4.92. The normalized spacial score (nSPS) is 15.2. The smallest absolute Gasteiger partial charge is 0.343 e. The molecule has 1 N–H and O–H groups in total. The molecule has 0 saturated carbocycles. The molecule has 8 heteroatoms. The van der Waals surface area contributed by atoms with E-state index in [1.807, 2.05) is 18.2 Å². The fourth-order valence-corrected chi connectivity index (χ4v) is 3.34. The number of likely N-dealkylation sites (tertiary alicyclic amines) is 1. The third-order valence-electron chi connectivity index (χ3n) is 4.92. The molecule has 2 aromatic rings. The van der Waals surface area contributed by atoms with Crippen LogP contribution in [-0.4, -0.2) is 58.9 Å². The van der Waals surface area contributed by atoms with E-state index in [0.717, 1.165) is 25.9 Å². The molecule has 1 aromatic heterocycles. The lowest BCUT2D eigenvalue weighted by Crippen LogP contribution is -2.41. The van der Waals surface area contributed by atoms with Crippen molar-refractivity contribution < 1.29 is 19.1 Å². The van der Waals surface area contributed by atoms with Crippen molar-refractivity contribution in [3.63, 3.8) is 0 Å². The summed E-state index contributed by atoms with van der Waals surface area (Å²) in [6, 6.07) is 10.1. The van der Waals surface area contributed by atoms with Crippen molar-refractivity contribution >= 4 is 17.7 Å². The number of hydrogen-bond donors (Lipinski definition) is 1. The lowest BCUT2D eigenvalue weighted by atomic mass is 10.1. The fourth-order valence-electron chi connectivity index (χ4n) is 3.34. The molecular weight excluding hydrogens is 372 g/mol. The number of aryl methyl sites for hydroxylation is 1. The van der Waals surface area contributed by atoms with Gasteiger partial charge in [-0.05, 0) is 25.3 Å². The number of carbonyl (C=O) groups is 2. The molecule has 0 bridgehead atoms. The highest BCUT2D eigenvalue weighted by molar-refractivity contribution is 6.00. The minimum absolute atomic E-state index is 0.178. The van der Waals surface area contributed by atoms with Gasteiger partial charge in [-0.1, -0.05) is 30.3 Å². The van der Waals surface area contributed by atoms with Gasteiger partial charge in [0.25, 0.3) is 0 Å². The van der Waals surface area contributed by atoms with E-state index in [4.69, 9.17) is 9.47 Å². The van der Waals surface area contributed by atoms with Gasteiger partial charge >= 0.3 is 5.97 Å². The summed E-state index contributed by atoms with van der Waals surface area (Å²) in [5, 5.41) is 6.84. The predicted octanol–water partition coefficient (Wildman–Crippen LogP) is 2.22. The van der Waals surface area contributed by atoms with Crippen molar-refractivity contribution in [2.75, 3.05) is 31.6 Å². The van der Waals surface area contributed by atoms with Gasteiger partial charge in [-0.2, -0.15) is 5.10 Å². The molecule has 1 aliphatic rings. The first kappa shape index (κ1) is 21.0. The first-order valence-corrected chi connectivity index (χ1v) is 9.93. The maximum atomic E-state index is 12.5. The maximum absolute atomic E-state index is 12.5. The Morgan fingerprint density at radius 2 is 1.93 bits per heavy atom. The summed E-state index contributed by atoms with van der Waals surface area (Å²) in [6.07, 6.45) is 3.39. The summed E-state index contributed by atoms with van der Waals surface area (Å²) in [7, 11) is 1.67. The molecule has 1 saturated heterocycles. The highest BCUT2D eigenvalue weighted by atomic mass is 16.5. The second kappa shape index (κ2) is 10.2. The Labute approximate surface area is 170 Å². The Morgan fingerprint density at radius 1 is 1.21 bits per heavy atom. The van der Waals surface area contributed by atoms with Crippen LogP contribution in [0.5, 0.6) is 0 Å². The van der Waals surface area contributed by atoms with Gasteiger partial charge in [0.1, 0.15) is 11.4 Å². The number of benzene rings is 1. The van der Waals surface area contributed by atoms with E-state index in [1.165, 1.54) is 16.4 Å². The number of nitrogens with zero attached hydrogens (tertiary/aromatic N) is 3. The van der Waals surface area contributed by atoms with Gasteiger partial charge in [0.05, 0.1) is 32.1 Å². The fraction of sp³-hybridized carbons (Fsp3) is 0.476. The van der Waals surface area contributed by atoms with Gasteiger partial charge < -0.3 is 14.8 Å². The van der Waals surface area contributed by atoms with Gasteiger partial charge in [0, 0.05) is 20.1 Å². The van der Waals surface area contributed by atoms with E-state index in [-0.39, 0.29) is 30.7 Å². The van der Waals surface area contributed by atoms with Crippen LogP contribution in [0.2, 0.25) is 0 Å². The number of esters is 1. The van der Waals surface area contributed by atoms with Gasteiger partial charge in [0.2, 0.25) is 5.91 Å². The molecular formula is C21H28N4O4. The number of aromatic nitrogens is 2. The standard InChI is InChI=1S/C21H28N4O4/c1-3-28-21(27)18-13-22-24(2)20(18)23-19(26)14-25-11-9-17(10-12-25)29-15-16-7-5-4-6-8-16/h4-8,13,17H,3,9-12,14-15H2,1-2H3,(H,23,26). The Kier molecular flexibility index (Phi) is 7.37. The van der Waals surface area contributed by atoms with E-state index in [0.29, 0.717) is 12.4 Å². The molecule has 0 aliphatic carbocycles. The second-order valence-corrected chi connectivity index (χ2v) is 7.07. The van der Waals surface area contributed by atoms with Crippen LogP contribution in [0.15, 0.2) is 36.5 Å². The molecule has 1 aromatic carbocycles. The van der Waals surface area contributed by atoms with Crippen molar-refractivity contribution in [2.45, 2.75) is 32.5 Å². The Hall–Kier alpha value is -2.71. The number of ether oxygens (including phenoxy) is 2. The number of anilines is 1. The maximum Gasteiger partial charge on any atom is 0.343 e. The van der Waals surface area contributed by atoms with E-state index in [9.17, 15) is 9.59 Å². The van der Waals surface area contributed by atoms with Crippen molar-refractivity contribution in [1.29, 1.82) is 0 Å². The van der Waals surface area contributed by atoms with Crippen LogP contribution in [0.25, 0.3) is 0 Å². The van der Waals surface area contributed by atoms with Crippen LogP contribution in [0, 0.1) is 0 Å². The third kappa shape index (κ3) is 5.88. The lowest BCUT2D eigenvalue weighted by Gasteiger charge is -2.31. The number of rotatable bonds is 8. The molecule has 1 amide bonds. The van der Waals surface area contributed by atoms with Crippen molar-refractivity contribution in [3.05, 3.63) is 47.7 Å². The summed E-state index contributed by atoms with van der Waals surface area (Å²) in [5.41, 5.74) is 1.43. The van der Waals surface area contributed by atoms with E-state index in [2.05, 4.69) is 27.4 Å². The topological polar surface area (TPSA) is 85.7 Å². The van der Waals surface area contributed by atoms with Gasteiger partial charge in [-0.3, -0.25) is 14.4 Å². The minimum atomic E-state index is -0.493. The van der Waals surface area contributed by atoms with Crippen LogP contribution in [-0.2, 0) is 27.9 Å². The molecule has 29 heavy (non-hydrogen) atoms. The Balaban J connectivity index is 1.44. The quantitative estimate of drug-likeness (QED) is 0.684. The zero-order valence-electron chi connectivity index (χ0n) is 17.0. The Morgan fingerprint density at radius 3 is 2.62 bits per heavy atom. The van der Waals surface area contributed by atoms with Crippen molar-refractivity contribution in [2.24, 2.45) is 7.05 Å². The number of piperidine rings is 1. The molecule has 0 radical (unpaired) electrons. The number of nitrogens with one attached hydrogen (secondary N) is 1. The zero-order chi connectivity index (χ0) is 20.6. The van der Waals surface area contributed by atoms with E-state index in [1.54, 1.807) is 14.0 Å². The molecule has 1 fully saturated rings. The van der Waals surface area contributed by atoms with Gasteiger partial charge in [-0.15, -0.1) is 0 Å². The van der Waals surface area contributed by atoms with Gasteiger partial charge in [0.15, 0.2) is 0 Å². The van der Waals surface area contributed by atoms with E-state index < -0.39 is 5.97 Å². The molecule has 2 heterocycles. The number of hydrogen-bond acceptors (Lipinski definition) is 6. The monoisotopic (exact) mass is 400 g/mol. The first-order valence-electron chi connectivity index (χ1n) is 9.93. The largest absolute Gasteiger partial charge is 0.462 e. The van der Waals surface area contributed by atoms with Gasteiger partial charge in [-0.25, -0.2) is 4.79 Å². The first-order chi connectivity index (χ1) is 14.1. The molecule has 0 spiro atoms. The summed E-state index contributed by atoms with van der Waals surface area (Å²) in [6.45, 7) is 4.47. The molecule has 3 rings (SSSR count). The average molecular weight is 400 g/mol. The zero-order valence-corrected chi connectivity index (χ0v) is 17.0. The SMILES string of the molecule is CCOC(=O)c1cnn(C)c1NC(=O)CN1CCC(OCc2ccccc2)CC1. The van der Waals surface area contributed by atoms with E-state index >= 15 is 0 Å². The number of carbonyl (C=O) groups excluding carboxylic acids is 2. The summed E-state index contributed by atoms with van der Waals surface area (Å²) in [5.74, 6) is -0.315. The molecule has 8 nitrogen and oxygen atoms in total. The molecule has 0 unspecified atom stereocenters. The highest BCUT2D eigenvalue weighted by Gasteiger charge is 2.23. The predicted molar refractivity (Wildman–Crippen MR) is 108 cm³/mol. The van der Waals surface area contributed by atoms with Crippen LogP contribution >= 0.6 is 0 Å². The summed E-state index contributed by atoms with van der Waals surface area (Å²) >= 11 is 0. The lowest BCUT2D eigenvalue weighted by molar-refractivity contribution is -0.118. The van der Waals surface area contributed by atoms with Crippen LogP contribution in [0.1, 0.15) is 35.7 Å². The van der Waals surface area contributed by atoms with Crippen molar-refractivity contribution in [1.82, 2.24) is 14.7 Å². The van der Waals surface area contributed by atoms with Crippen LogP contribution in [0.3, 0.4) is 0 Å².